The van der Waals surface area contributed by atoms with Crippen LogP contribution >= 0.6 is 0 Å². The molecule has 0 N–H and O–H groups in total. The maximum absolute atomic E-state index is 13.6. The van der Waals surface area contributed by atoms with Crippen LogP contribution in [0, 0.1) is 5.92 Å². The lowest BCUT2D eigenvalue weighted by atomic mass is 9.77. The first kappa shape index (κ1) is 23.2. The number of hydrogen-bond acceptors (Lipinski definition) is 2. The van der Waals surface area contributed by atoms with Crippen molar-refractivity contribution in [2.45, 2.75) is 70.3 Å². The van der Waals surface area contributed by atoms with Crippen molar-refractivity contribution in [2.75, 3.05) is 0 Å². The lowest BCUT2D eigenvalue weighted by Gasteiger charge is -2.28. The lowest BCUT2D eigenvalue weighted by molar-refractivity contribution is 0.0292. The van der Waals surface area contributed by atoms with Crippen molar-refractivity contribution in [3.8, 4) is 0 Å². The van der Waals surface area contributed by atoms with Gasteiger partial charge in [0.1, 0.15) is 18.3 Å². The highest BCUT2D eigenvalue weighted by molar-refractivity contribution is 5.89. The molecule has 0 radical (unpaired) electrons. The first-order chi connectivity index (χ1) is 15.1. The van der Waals surface area contributed by atoms with Gasteiger partial charge in [-0.1, -0.05) is 62.2 Å². The molecule has 0 bridgehead atoms. The van der Waals surface area contributed by atoms with Crippen molar-refractivity contribution >= 4 is 5.97 Å². The normalized spacial score (nSPS) is 20.3. The molecule has 2 aromatic carbocycles. The highest BCUT2D eigenvalue weighted by Crippen LogP contribution is 2.37. The van der Waals surface area contributed by atoms with Crippen molar-refractivity contribution in [3.05, 3.63) is 83.4 Å². The third-order valence-corrected chi connectivity index (χ3v) is 6.28. The summed E-state index contributed by atoms with van der Waals surface area (Å²) in [5.74, 6) is 0.0175. The molecular weight excluding hydrogens is 394 g/mol. The Morgan fingerprint density at radius 3 is 2.35 bits per heavy atom. The Morgan fingerprint density at radius 1 is 1.06 bits per heavy atom. The molecule has 1 atom stereocenters. The minimum atomic E-state index is -0.925. The van der Waals surface area contributed by atoms with E-state index in [9.17, 15) is 13.6 Å². The van der Waals surface area contributed by atoms with Gasteiger partial charge in [-0.25, -0.2) is 13.6 Å². The van der Waals surface area contributed by atoms with E-state index < -0.39 is 17.9 Å². The fourth-order valence-electron chi connectivity index (χ4n) is 4.59. The molecule has 0 spiro atoms. The molecule has 31 heavy (non-hydrogen) atoms. The zero-order chi connectivity index (χ0) is 22.1. The Kier molecular flexibility index (Phi) is 8.81. The number of carbonyl (C=O) groups excluding carboxylic acids is 1. The highest BCUT2D eigenvalue weighted by atomic mass is 19.2. The Labute approximate surface area is 184 Å². The van der Waals surface area contributed by atoms with Crippen LogP contribution in [0.15, 0.2) is 66.8 Å². The topological polar surface area (TPSA) is 26.3 Å². The van der Waals surface area contributed by atoms with E-state index in [4.69, 9.17) is 4.74 Å². The van der Waals surface area contributed by atoms with Gasteiger partial charge >= 0.3 is 5.97 Å². The van der Waals surface area contributed by atoms with E-state index in [2.05, 4.69) is 19.1 Å². The van der Waals surface area contributed by atoms with Gasteiger partial charge in [-0.15, -0.1) is 0 Å². The molecule has 1 saturated carbocycles. The van der Waals surface area contributed by atoms with Gasteiger partial charge in [-0.05, 0) is 60.8 Å². The van der Waals surface area contributed by atoms with Crippen LogP contribution in [0.5, 0.6) is 0 Å². The zero-order valence-corrected chi connectivity index (χ0v) is 18.2. The number of hydrogen-bond donors (Lipinski definition) is 0. The molecule has 4 heteroatoms. The SMILES string of the molecule is CCCC1CCC(c2ccc(CC(C/C(F)=C/F)OC(=O)c3ccccc3)cc2)CC1. The number of esters is 1. The van der Waals surface area contributed by atoms with Crippen LogP contribution in [0.3, 0.4) is 0 Å². The van der Waals surface area contributed by atoms with Crippen molar-refractivity contribution < 1.29 is 18.3 Å². The fraction of sp³-hybridized carbons (Fsp3) is 0.444. The summed E-state index contributed by atoms with van der Waals surface area (Å²) in [7, 11) is 0. The van der Waals surface area contributed by atoms with Crippen molar-refractivity contribution in [2.24, 2.45) is 5.92 Å². The highest BCUT2D eigenvalue weighted by Gasteiger charge is 2.22. The largest absolute Gasteiger partial charge is 0.458 e. The van der Waals surface area contributed by atoms with E-state index in [1.54, 1.807) is 30.3 Å². The third-order valence-electron chi connectivity index (χ3n) is 6.28. The molecule has 0 saturated heterocycles. The van der Waals surface area contributed by atoms with Gasteiger partial charge in [0, 0.05) is 12.8 Å². The van der Waals surface area contributed by atoms with Crippen LogP contribution in [-0.2, 0) is 11.2 Å². The van der Waals surface area contributed by atoms with Crippen LogP contribution in [0.25, 0.3) is 0 Å². The summed E-state index contributed by atoms with van der Waals surface area (Å²) >= 11 is 0. The van der Waals surface area contributed by atoms with Crippen LogP contribution in [0.1, 0.15) is 79.3 Å². The van der Waals surface area contributed by atoms with E-state index in [1.807, 2.05) is 12.1 Å². The third kappa shape index (κ3) is 7.02. The minimum Gasteiger partial charge on any atom is -0.458 e. The Bertz CT molecular complexity index is 837. The predicted octanol–water partition coefficient (Wildman–Crippen LogP) is 7.70. The molecule has 2 nitrogen and oxygen atoms in total. The standard InChI is InChI=1S/C27H32F2O2/c1-2-6-20-9-13-22(14-10-20)23-15-11-21(12-16-23)17-26(18-25(29)19-28)31-27(30)24-7-4-3-5-8-24/h3-5,7-8,11-12,15-16,19-20,22,26H,2,6,9-10,13-14,17-18H2,1H3/b25-19-. The molecule has 1 aliphatic carbocycles. The number of benzene rings is 2. The first-order valence-corrected chi connectivity index (χ1v) is 11.4. The fourth-order valence-corrected chi connectivity index (χ4v) is 4.59. The Hall–Kier alpha value is -2.49. The Morgan fingerprint density at radius 2 is 1.74 bits per heavy atom. The summed E-state index contributed by atoms with van der Waals surface area (Å²) in [6.45, 7) is 2.25. The molecular formula is C27H32F2O2. The second-order valence-electron chi connectivity index (χ2n) is 8.61. The second-order valence-corrected chi connectivity index (χ2v) is 8.61. The van der Waals surface area contributed by atoms with Crippen LogP contribution < -0.4 is 0 Å². The number of ether oxygens (including phenoxy) is 1. The summed E-state index contributed by atoms with van der Waals surface area (Å²) in [5.41, 5.74) is 2.68. The van der Waals surface area contributed by atoms with Gasteiger partial charge < -0.3 is 4.74 Å². The van der Waals surface area contributed by atoms with E-state index in [-0.39, 0.29) is 12.8 Å². The van der Waals surface area contributed by atoms with Crippen LogP contribution in [0.2, 0.25) is 0 Å². The molecule has 0 amide bonds. The molecule has 2 aromatic rings. The molecule has 0 aromatic heterocycles. The molecule has 1 fully saturated rings. The summed E-state index contributed by atoms with van der Waals surface area (Å²) in [5, 5.41) is 0. The van der Waals surface area contributed by atoms with Crippen molar-refractivity contribution in [1.82, 2.24) is 0 Å². The van der Waals surface area contributed by atoms with Crippen molar-refractivity contribution in [1.29, 1.82) is 0 Å². The van der Waals surface area contributed by atoms with E-state index in [0.717, 1.165) is 11.5 Å². The molecule has 0 aliphatic heterocycles. The van der Waals surface area contributed by atoms with E-state index in [0.29, 0.717) is 17.9 Å². The van der Waals surface area contributed by atoms with E-state index >= 15 is 0 Å². The quantitative estimate of drug-likeness (QED) is 0.384. The molecule has 1 aliphatic rings. The zero-order valence-electron chi connectivity index (χ0n) is 18.2. The monoisotopic (exact) mass is 426 g/mol. The van der Waals surface area contributed by atoms with Gasteiger partial charge in [-0.2, -0.15) is 0 Å². The van der Waals surface area contributed by atoms with Gasteiger partial charge in [0.2, 0.25) is 0 Å². The minimum absolute atomic E-state index is 0.0681. The number of halogens is 2. The average Bonchev–Trinajstić information content (AvgIpc) is 2.81. The number of carbonyl (C=O) groups is 1. The lowest BCUT2D eigenvalue weighted by Crippen LogP contribution is -2.21. The Balaban J connectivity index is 1.62. The second kappa shape index (κ2) is 11.8. The van der Waals surface area contributed by atoms with Gasteiger partial charge in [0.05, 0.1) is 5.56 Å². The maximum atomic E-state index is 13.6. The van der Waals surface area contributed by atoms with Gasteiger partial charge in [0.25, 0.3) is 0 Å². The van der Waals surface area contributed by atoms with Gasteiger partial charge in [-0.3, -0.25) is 0 Å². The average molecular weight is 427 g/mol. The summed E-state index contributed by atoms with van der Waals surface area (Å²) in [4.78, 5) is 12.4. The molecule has 1 unspecified atom stereocenters. The van der Waals surface area contributed by atoms with Crippen molar-refractivity contribution in [3.63, 3.8) is 0 Å². The smallest absolute Gasteiger partial charge is 0.338 e. The first-order valence-electron chi connectivity index (χ1n) is 11.4. The predicted molar refractivity (Wildman–Crippen MR) is 120 cm³/mol. The molecule has 166 valence electrons. The van der Waals surface area contributed by atoms with Crippen LogP contribution in [-0.4, -0.2) is 12.1 Å². The van der Waals surface area contributed by atoms with Gasteiger partial charge in [0.15, 0.2) is 0 Å². The van der Waals surface area contributed by atoms with Crippen LogP contribution in [0.4, 0.5) is 8.78 Å². The summed E-state index contributed by atoms with van der Waals surface area (Å²) in [6, 6.07) is 16.9. The number of rotatable bonds is 9. The molecule has 3 rings (SSSR count). The molecule has 0 heterocycles. The maximum Gasteiger partial charge on any atom is 0.338 e. The van der Waals surface area contributed by atoms with E-state index in [1.165, 1.54) is 44.1 Å². The summed E-state index contributed by atoms with van der Waals surface area (Å²) in [6.07, 6.45) is 6.87. The summed E-state index contributed by atoms with van der Waals surface area (Å²) < 4.78 is 31.7.